The molecule has 1 N–H and O–H groups in total. The number of aliphatic hydroxyl groups is 1. The lowest BCUT2D eigenvalue weighted by atomic mass is 9.97. The predicted octanol–water partition coefficient (Wildman–Crippen LogP) is 0.737. The van der Waals surface area contributed by atoms with Gasteiger partial charge in [0.25, 0.3) is 0 Å². The number of aliphatic hydroxyl groups excluding tert-OH is 1. The SMILES string of the molecule is COc1ccc2c(c1)C(O)C(N1CCN(C)CC1)CO2. The van der Waals surface area contributed by atoms with Crippen molar-refractivity contribution in [1.29, 1.82) is 0 Å². The highest BCUT2D eigenvalue weighted by Crippen LogP contribution is 2.36. The number of rotatable bonds is 2. The van der Waals surface area contributed by atoms with Gasteiger partial charge in [0.05, 0.1) is 13.2 Å². The van der Waals surface area contributed by atoms with Crippen molar-refractivity contribution in [2.45, 2.75) is 12.1 Å². The molecule has 0 amide bonds. The Balaban J connectivity index is 1.79. The zero-order chi connectivity index (χ0) is 14.1. The second-order valence-electron chi connectivity index (χ2n) is 5.57. The summed E-state index contributed by atoms with van der Waals surface area (Å²) in [6.07, 6.45) is -0.516. The lowest BCUT2D eigenvalue weighted by Crippen LogP contribution is -2.53. The Morgan fingerprint density at radius 1 is 1.25 bits per heavy atom. The molecule has 5 nitrogen and oxygen atoms in total. The fourth-order valence-corrected chi connectivity index (χ4v) is 2.95. The van der Waals surface area contributed by atoms with E-state index >= 15 is 0 Å². The molecule has 3 rings (SSSR count). The van der Waals surface area contributed by atoms with Gasteiger partial charge in [0.15, 0.2) is 0 Å². The van der Waals surface area contributed by atoms with Gasteiger partial charge in [-0.1, -0.05) is 0 Å². The fourth-order valence-electron chi connectivity index (χ4n) is 2.95. The monoisotopic (exact) mass is 278 g/mol. The third-order valence-electron chi connectivity index (χ3n) is 4.32. The van der Waals surface area contributed by atoms with Crippen LogP contribution in [-0.2, 0) is 0 Å². The number of benzene rings is 1. The van der Waals surface area contributed by atoms with Crippen LogP contribution in [0.25, 0.3) is 0 Å². The molecule has 2 heterocycles. The smallest absolute Gasteiger partial charge is 0.125 e. The average molecular weight is 278 g/mol. The van der Waals surface area contributed by atoms with E-state index in [0.29, 0.717) is 6.61 Å². The number of ether oxygens (including phenoxy) is 2. The lowest BCUT2D eigenvalue weighted by Gasteiger charge is -2.42. The molecular weight excluding hydrogens is 256 g/mol. The summed E-state index contributed by atoms with van der Waals surface area (Å²) < 4.78 is 11.1. The first-order chi connectivity index (χ1) is 9.69. The summed E-state index contributed by atoms with van der Waals surface area (Å²) in [5, 5.41) is 10.7. The van der Waals surface area contributed by atoms with Gasteiger partial charge in [-0.05, 0) is 25.2 Å². The van der Waals surface area contributed by atoms with Gasteiger partial charge in [0.2, 0.25) is 0 Å². The summed E-state index contributed by atoms with van der Waals surface area (Å²) in [7, 11) is 3.76. The fraction of sp³-hybridized carbons (Fsp3) is 0.600. The zero-order valence-corrected chi connectivity index (χ0v) is 12.1. The van der Waals surface area contributed by atoms with E-state index in [4.69, 9.17) is 9.47 Å². The first-order valence-corrected chi connectivity index (χ1v) is 7.10. The Kier molecular flexibility index (Phi) is 3.83. The highest BCUT2D eigenvalue weighted by atomic mass is 16.5. The van der Waals surface area contributed by atoms with Gasteiger partial charge < -0.3 is 19.5 Å². The molecule has 20 heavy (non-hydrogen) atoms. The van der Waals surface area contributed by atoms with Crippen molar-refractivity contribution in [3.8, 4) is 11.5 Å². The van der Waals surface area contributed by atoms with Crippen molar-refractivity contribution < 1.29 is 14.6 Å². The summed E-state index contributed by atoms with van der Waals surface area (Å²) in [4.78, 5) is 4.64. The van der Waals surface area contributed by atoms with Gasteiger partial charge in [-0.15, -0.1) is 0 Å². The van der Waals surface area contributed by atoms with Crippen LogP contribution in [0.3, 0.4) is 0 Å². The third kappa shape index (κ3) is 2.49. The van der Waals surface area contributed by atoms with Crippen LogP contribution in [0.4, 0.5) is 0 Å². The molecule has 1 saturated heterocycles. The van der Waals surface area contributed by atoms with E-state index in [9.17, 15) is 5.11 Å². The van der Waals surface area contributed by atoms with Crippen molar-refractivity contribution in [2.24, 2.45) is 0 Å². The molecule has 0 spiro atoms. The number of fused-ring (bicyclic) bond motifs is 1. The Bertz CT molecular complexity index is 472. The number of hydrogen-bond acceptors (Lipinski definition) is 5. The second-order valence-corrected chi connectivity index (χ2v) is 5.57. The molecule has 1 aromatic rings. The van der Waals surface area contributed by atoms with Crippen molar-refractivity contribution in [1.82, 2.24) is 9.80 Å². The number of likely N-dealkylation sites (N-methyl/N-ethyl adjacent to an activating group) is 1. The van der Waals surface area contributed by atoms with Crippen LogP contribution < -0.4 is 9.47 Å². The minimum Gasteiger partial charge on any atom is -0.497 e. The summed E-state index contributed by atoms with van der Waals surface area (Å²) >= 11 is 0. The van der Waals surface area contributed by atoms with Crippen LogP contribution in [0.15, 0.2) is 18.2 Å². The Morgan fingerprint density at radius 3 is 2.70 bits per heavy atom. The van der Waals surface area contributed by atoms with Crippen LogP contribution in [0.1, 0.15) is 11.7 Å². The summed E-state index contributed by atoms with van der Waals surface area (Å²) in [5.41, 5.74) is 0.833. The van der Waals surface area contributed by atoms with E-state index in [0.717, 1.165) is 43.2 Å². The summed E-state index contributed by atoms with van der Waals surface area (Å²) in [6.45, 7) is 4.56. The quantitative estimate of drug-likeness (QED) is 0.864. The first kappa shape index (κ1) is 13.7. The maximum atomic E-state index is 10.7. The second kappa shape index (κ2) is 5.60. The minimum atomic E-state index is -0.516. The van der Waals surface area contributed by atoms with E-state index < -0.39 is 6.10 Å². The van der Waals surface area contributed by atoms with Crippen molar-refractivity contribution in [3.63, 3.8) is 0 Å². The molecule has 0 radical (unpaired) electrons. The molecule has 2 atom stereocenters. The molecule has 0 saturated carbocycles. The number of piperazine rings is 1. The Labute approximate surface area is 119 Å². The van der Waals surface area contributed by atoms with Crippen LogP contribution >= 0.6 is 0 Å². The summed E-state index contributed by atoms with van der Waals surface area (Å²) in [6, 6.07) is 5.64. The van der Waals surface area contributed by atoms with Crippen LogP contribution in [0.5, 0.6) is 11.5 Å². The lowest BCUT2D eigenvalue weighted by molar-refractivity contribution is -0.0142. The highest BCUT2D eigenvalue weighted by molar-refractivity contribution is 5.43. The Hall–Kier alpha value is -1.30. The molecule has 110 valence electrons. The standard InChI is InChI=1S/C15H22N2O3/c1-16-5-7-17(8-6-16)13-10-20-14-4-3-11(19-2)9-12(14)15(13)18/h3-4,9,13,15,18H,5-8,10H2,1-2H3. The van der Waals surface area contributed by atoms with Gasteiger partial charge >= 0.3 is 0 Å². The van der Waals surface area contributed by atoms with Gasteiger partial charge in [0.1, 0.15) is 24.2 Å². The molecule has 5 heteroatoms. The normalized spacial score (nSPS) is 27.8. The highest BCUT2D eigenvalue weighted by Gasteiger charge is 2.35. The molecule has 2 unspecified atom stereocenters. The Morgan fingerprint density at radius 2 is 2.00 bits per heavy atom. The molecular formula is C15H22N2O3. The van der Waals surface area contributed by atoms with E-state index in [1.165, 1.54) is 0 Å². The van der Waals surface area contributed by atoms with E-state index in [-0.39, 0.29) is 6.04 Å². The largest absolute Gasteiger partial charge is 0.497 e. The number of nitrogens with zero attached hydrogens (tertiary/aromatic N) is 2. The maximum absolute atomic E-state index is 10.7. The van der Waals surface area contributed by atoms with Crippen LogP contribution in [-0.4, -0.2) is 67.9 Å². The van der Waals surface area contributed by atoms with Crippen LogP contribution in [0, 0.1) is 0 Å². The van der Waals surface area contributed by atoms with Crippen LogP contribution in [0.2, 0.25) is 0 Å². The maximum Gasteiger partial charge on any atom is 0.125 e. The van der Waals surface area contributed by atoms with Crippen molar-refractivity contribution >= 4 is 0 Å². The molecule has 0 aliphatic carbocycles. The molecule has 2 aliphatic rings. The van der Waals surface area contributed by atoms with Crippen molar-refractivity contribution in [3.05, 3.63) is 23.8 Å². The van der Waals surface area contributed by atoms with E-state index in [1.54, 1.807) is 7.11 Å². The summed E-state index contributed by atoms with van der Waals surface area (Å²) in [5.74, 6) is 1.52. The predicted molar refractivity (Wildman–Crippen MR) is 76.3 cm³/mol. The zero-order valence-electron chi connectivity index (χ0n) is 12.1. The third-order valence-corrected chi connectivity index (χ3v) is 4.32. The van der Waals surface area contributed by atoms with Crippen molar-refractivity contribution in [2.75, 3.05) is 46.9 Å². The molecule has 0 bridgehead atoms. The number of hydrogen-bond donors (Lipinski definition) is 1. The van der Waals surface area contributed by atoms with Gasteiger partial charge in [-0.3, -0.25) is 4.90 Å². The molecule has 0 aromatic heterocycles. The van der Waals surface area contributed by atoms with Gasteiger partial charge in [0, 0.05) is 31.7 Å². The molecule has 2 aliphatic heterocycles. The number of methoxy groups -OCH3 is 1. The minimum absolute atomic E-state index is 0.0308. The molecule has 1 aromatic carbocycles. The van der Waals surface area contributed by atoms with Gasteiger partial charge in [-0.2, -0.15) is 0 Å². The van der Waals surface area contributed by atoms with E-state index in [2.05, 4.69) is 16.8 Å². The van der Waals surface area contributed by atoms with E-state index in [1.807, 2.05) is 18.2 Å². The van der Waals surface area contributed by atoms with Gasteiger partial charge in [-0.25, -0.2) is 0 Å². The first-order valence-electron chi connectivity index (χ1n) is 7.10. The molecule has 1 fully saturated rings. The average Bonchev–Trinajstić information content (AvgIpc) is 2.49. The topological polar surface area (TPSA) is 45.2 Å².